The summed E-state index contributed by atoms with van der Waals surface area (Å²) in [5, 5.41) is 1.03. The fourth-order valence-corrected chi connectivity index (χ4v) is 5.27. The molecular formula is C22H23F3N2O2S. The van der Waals surface area contributed by atoms with E-state index in [1.807, 2.05) is 24.4 Å². The molecule has 1 saturated heterocycles. The number of nitrogens with zero attached hydrogens (tertiary/aromatic N) is 1. The molecule has 0 saturated carbocycles. The van der Waals surface area contributed by atoms with Crippen molar-refractivity contribution in [2.75, 3.05) is 18.8 Å². The Hall–Kier alpha value is -2.32. The Morgan fingerprint density at radius 1 is 1.03 bits per heavy atom. The number of rotatable bonds is 4. The molecule has 0 bridgehead atoms. The lowest BCUT2D eigenvalue weighted by molar-refractivity contribution is -0.137. The molecule has 3 aromatic rings. The summed E-state index contributed by atoms with van der Waals surface area (Å²) in [5.41, 5.74) is 3.00. The molecule has 1 aliphatic rings. The molecule has 30 heavy (non-hydrogen) atoms. The molecule has 0 radical (unpaired) electrons. The van der Waals surface area contributed by atoms with E-state index in [4.69, 9.17) is 0 Å². The summed E-state index contributed by atoms with van der Waals surface area (Å²) < 4.78 is 64.2. The maximum Gasteiger partial charge on any atom is 0.416 e. The first-order valence-electron chi connectivity index (χ1n) is 9.95. The number of hydrogen-bond donors (Lipinski definition) is 1. The van der Waals surface area contributed by atoms with Crippen molar-refractivity contribution in [1.29, 1.82) is 0 Å². The average molecular weight is 436 g/mol. The maximum atomic E-state index is 12.8. The first kappa shape index (κ1) is 20.9. The number of fused-ring (bicyclic) bond motifs is 1. The van der Waals surface area contributed by atoms with Crippen molar-refractivity contribution in [1.82, 2.24) is 9.29 Å². The highest BCUT2D eigenvalue weighted by molar-refractivity contribution is 7.89. The number of aromatic amines is 1. The molecule has 2 aromatic carbocycles. The Labute approximate surface area is 173 Å². The van der Waals surface area contributed by atoms with E-state index in [1.165, 1.54) is 12.1 Å². The van der Waals surface area contributed by atoms with Crippen molar-refractivity contribution in [3.8, 4) is 11.1 Å². The number of H-pyrrole nitrogens is 1. The van der Waals surface area contributed by atoms with Crippen molar-refractivity contribution in [2.45, 2.75) is 31.9 Å². The standard InChI is InChI=1S/C22H23F3N2O2S/c1-2-30(28,29)27-11-9-16(10-12-27)20-14-26-21-8-5-17(13-19(20)21)15-3-6-18(7-4-15)22(23,24)25/h3-8,13-14,16,26H,2,9-12H2,1H3. The van der Waals surface area contributed by atoms with Gasteiger partial charge in [-0.1, -0.05) is 18.2 Å². The Kier molecular flexibility index (Phi) is 5.40. The predicted octanol–water partition coefficient (Wildman–Crippen LogP) is 5.38. The third-order valence-electron chi connectivity index (χ3n) is 5.91. The lowest BCUT2D eigenvalue weighted by Gasteiger charge is -2.30. The van der Waals surface area contributed by atoms with Crippen LogP contribution >= 0.6 is 0 Å². The highest BCUT2D eigenvalue weighted by atomic mass is 32.2. The van der Waals surface area contributed by atoms with E-state index in [2.05, 4.69) is 4.98 Å². The second-order valence-electron chi connectivity index (χ2n) is 7.65. The summed E-state index contributed by atoms with van der Waals surface area (Å²) in [6, 6.07) is 11.0. The first-order valence-corrected chi connectivity index (χ1v) is 11.6. The topological polar surface area (TPSA) is 53.2 Å². The van der Waals surface area contributed by atoms with Crippen molar-refractivity contribution < 1.29 is 21.6 Å². The molecule has 1 aliphatic heterocycles. The number of nitrogens with one attached hydrogen (secondary N) is 1. The van der Waals surface area contributed by atoms with Gasteiger partial charge in [-0.15, -0.1) is 0 Å². The zero-order valence-corrected chi connectivity index (χ0v) is 17.4. The maximum absolute atomic E-state index is 12.8. The van der Waals surface area contributed by atoms with Crippen molar-refractivity contribution in [3.05, 3.63) is 59.8 Å². The van der Waals surface area contributed by atoms with Gasteiger partial charge >= 0.3 is 6.18 Å². The van der Waals surface area contributed by atoms with Crippen LogP contribution in [0.25, 0.3) is 22.0 Å². The molecule has 1 N–H and O–H groups in total. The van der Waals surface area contributed by atoms with Gasteiger partial charge in [-0.3, -0.25) is 0 Å². The molecule has 1 aromatic heterocycles. The van der Waals surface area contributed by atoms with Crippen LogP contribution < -0.4 is 0 Å². The van der Waals surface area contributed by atoms with E-state index in [0.717, 1.165) is 52.6 Å². The molecule has 1 fully saturated rings. The molecule has 4 nitrogen and oxygen atoms in total. The number of piperidine rings is 1. The summed E-state index contributed by atoms with van der Waals surface area (Å²) in [4.78, 5) is 3.27. The van der Waals surface area contributed by atoms with Crippen LogP contribution in [0.5, 0.6) is 0 Å². The van der Waals surface area contributed by atoms with Crippen LogP contribution in [0, 0.1) is 0 Å². The molecule has 0 spiro atoms. The van der Waals surface area contributed by atoms with Crippen LogP contribution in [0.4, 0.5) is 13.2 Å². The summed E-state index contributed by atoms with van der Waals surface area (Å²) in [5.74, 6) is 0.353. The lowest BCUT2D eigenvalue weighted by atomic mass is 9.89. The molecule has 8 heteroatoms. The van der Waals surface area contributed by atoms with Crippen LogP contribution in [-0.2, 0) is 16.2 Å². The summed E-state index contributed by atoms with van der Waals surface area (Å²) in [6.45, 7) is 2.67. The van der Waals surface area contributed by atoms with E-state index in [0.29, 0.717) is 13.1 Å². The summed E-state index contributed by atoms with van der Waals surface area (Å²) >= 11 is 0. The second kappa shape index (κ2) is 7.74. The number of halogens is 3. The van der Waals surface area contributed by atoms with Gasteiger partial charge in [0.15, 0.2) is 0 Å². The summed E-state index contributed by atoms with van der Waals surface area (Å²) in [7, 11) is -3.17. The van der Waals surface area contributed by atoms with Crippen molar-refractivity contribution in [2.24, 2.45) is 0 Å². The van der Waals surface area contributed by atoms with Gasteiger partial charge in [0, 0.05) is 30.2 Å². The number of aromatic nitrogens is 1. The van der Waals surface area contributed by atoms with Crippen LogP contribution in [0.15, 0.2) is 48.7 Å². The molecule has 0 atom stereocenters. The molecule has 2 heterocycles. The molecule has 0 unspecified atom stereocenters. The smallest absolute Gasteiger partial charge is 0.361 e. The van der Waals surface area contributed by atoms with Crippen molar-refractivity contribution >= 4 is 20.9 Å². The monoisotopic (exact) mass is 436 g/mol. The van der Waals surface area contributed by atoms with E-state index in [1.54, 1.807) is 11.2 Å². The number of sulfonamides is 1. The largest absolute Gasteiger partial charge is 0.416 e. The fraction of sp³-hybridized carbons (Fsp3) is 0.364. The number of alkyl halides is 3. The number of benzene rings is 2. The van der Waals surface area contributed by atoms with Gasteiger partial charge in [0.25, 0.3) is 0 Å². The van der Waals surface area contributed by atoms with Crippen LogP contribution in [0.2, 0.25) is 0 Å². The quantitative estimate of drug-likeness (QED) is 0.597. The molecular weight excluding hydrogens is 413 g/mol. The van der Waals surface area contributed by atoms with E-state index in [9.17, 15) is 21.6 Å². The Morgan fingerprint density at radius 2 is 1.67 bits per heavy atom. The first-order chi connectivity index (χ1) is 14.2. The van der Waals surface area contributed by atoms with Crippen LogP contribution in [0.3, 0.4) is 0 Å². The number of hydrogen-bond acceptors (Lipinski definition) is 2. The van der Waals surface area contributed by atoms with E-state index < -0.39 is 21.8 Å². The SMILES string of the molecule is CCS(=O)(=O)N1CCC(c2c[nH]c3ccc(-c4ccc(C(F)(F)F)cc4)cc23)CC1. The van der Waals surface area contributed by atoms with Gasteiger partial charge in [0.2, 0.25) is 10.0 Å². The highest BCUT2D eigenvalue weighted by Gasteiger charge is 2.30. The minimum Gasteiger partial charge on any atom is -0.361 e. The van der Waals surface area contributed by atoms with Gasteiger partial charge in [-0.2, -0.15) is 13.2 Å². The third kappa shape index (κ3) is 3.98. The summed E-state index contributed by atoms with van der Waals surface area (Å²) in [6.07, 6.45) is -0.889. The van der Waals surface area contributed by atoms with Gasteiger partial charge < -0.3 is 4.98 Å². The molecule has 4 rings (SSSR count). The molecule has 0 aliphatic carbocycles. The Bertz CT molecular complexity index is 1140. The second-order valence-corrected chi connectivity index (χ2v) is 9.91. The van der Waals surface area contributed by atoms with Crippen molar-refractivity contribution in [3.63, 3.8) is 0 Å². The van der Waals surface area contributed by atoms with Crippen LogP contribution in [0.1, 0.15) is 36.8 Å². The minimum absolute atomic E-state index is 0.112. The predicted molar refractivity (Wildman–Crippen MR) is 112 cm³/mol. The van der Waals surface area contributed by atoms with E-state index in [-0.39, 0.29) is 11.7 Å². The zero-order chi connectivity index (χ0) is 21.5. The zero-order valence-electron chi connectivity index (χ0n) is 16.5. The minimum atomic E-state index is -4.35. The van der Waals surface area contributed by atoms with Gasteiger partial charge in [0.05, 0.1) is 11.3 Å². The average Bonchev–Trinajstić information content (AvgIpc) is 3.16. The lowest BCUT2D eigenvalue weighted by Crippen LogP contribution is -2.38. The van der Waals surface area contributed by atoms with Gasteiger partial charge in [0.1, 0.15) is 0 Å². The highest BCUT2D eigenvalue weighted by Crippen LogP contribution is 2.36. The fourth-order valence-electron chi connectivity index (χ4n) is 4.14. The third-order valence-corrected chi connectivity index (χ3v) is 7.79. The van der Waals surface area contributed by atoms with Gasteiger partial charge in [-0.05, 0) is 66.6 Å². The Balaban J connectivity index is 1.60. The molecule has 0 amide bonds. The van der Waals surface area contributed by atoms with Gasteiger partial charge in [-0.25, -0.2) is 12.7 Å². The molecule has 160 valence electrons. The van der Waals surface area contributed by atoms with Crippen LogP contribution in [-0.4, -0.2) is 36.5 Å². The normalized spacial score (nSPS) is 16.9. The van der Waals surface area contributed by atoms with E-state index >= 15 is 0 Å². The Morgan fingerprint density at radius 3 is 2.27 bits per heavy atom.